The van der Waals surface area contributed by atoms with Crippen LogP contribution in [0.25, 0.3) is 0 Å². The molecule has 4 heteroatoms. The molecular formula is C17H18Br2FN. The molecule has 1 nitrogen and oxygen atoms in total. The van der Waals surface area contributed by atoms with Crippen LogP contribution in [0.3, 0.4) is 0 Å². The van der Waals surface area contributed by atoms with E-state index in [2.05, 4.69) is 63.2 Å². The highest BCUT2D eigenvalue weighted by Crippen LogP contribution is 2.27. The first-order valence-electron chi connectivity index (χ1n) is 6.94. The van der Waals surface area contributed by atoms with Gasteiger partial charge in [0.1, 0.15) is 5.82 Å². The van der Waals surface area contributed by atoms with Crippen LogP contribution in [-0.4, -0.2) is 6.54 Å². The standard InChI is InChI=1S/C17H18Br2FN/c1-3-21-17(15-9-13(18)6-4-11(15)2)8-12-5-7-14(19)10-16(12)20/h4-7,9-10,17,21H,3,8H2,1-2H3. The van der Waals surface area contributed by atoms with E-state index in [4.69, 9.17) is 0 Å². The van der Waals surface area contributed by atoms with Crippen molar-refractivity contribution in [2.45, 2.75) is 26.3 Å². The van der Waals surface area contributed by atoms with E-state index in [1.807, 2.05) is 18.2 Å². The lowest BCUT2D eigenvalue weighted by Gasteiger charge is -2.21. The molecule has 0 aliphatic rings. The number of aryl methyl sites for hydroxylation is 1. The van der Waals surface area contributed by atoms with E-state index in [0.29, 0.717) is 6.42 Å². The van der Waals surface area contributed by atoms with Crippen molar-refractivity contribution in [1.82, 2.24) is 5.32 Å². The first-order valence-corrected chi connectivity index (χ1v) is 8.53. The number of hydrogen-bond acceptors (Lipinski definition) is 1. The lowest BCUT2D eigenvalue weighted by molar-refractivity contribution is 0.525. The molecule has 0 bridgehead atoms. The Hall–Kier alpha value is -0.710. The summed E-state index contributed by atoms with van der Waals surface area (Å²) < 4.78 is 15.9. The third kappa shape index (κ3) is 4.38. The Morgan fingerprint density at radius 3 is 2.43 bits per heavy atom. The maximum atomic E-state index is 14.1. The van der Waals surface area contributed by atoms with Crippen LogP contribution in [0.2, 0.25) is 0 Å². The average molecular weight is 415 g/mol. The number of benzene rings is 2. The molecule has 0 fully saturated rings. The normalized spacial score (nSPS) is 12.4. The van der Waals surface area contributed by atoms with Gasteiger partial charge in [0.25, 0.3) is 0 Å². The van der Waals surface area contributed by atoms with Crippen molar-refractivity contribution < 1.29 is 4.39 Å². The van der Waals surface area contributed by atoms with Gasteiger partial charge in [-0.2, -0.15) is 0 Å². The molecule has 0 aliphatic heterocycles. The minimum atomic E-state index is -0.167. The summed E-state index contributed by atoms with van der Waals surface area (Å²) in [5.74, 6) is -0.167. The van der Waals surface area contributed by atoms with Gasteiger partial charge in [0.2, 0.25) is 0 Å². The summed E-state index contributed by atoms with van der Waals surface area (Å²) in [7, 11) is 0. The molecule has 2 rings (SSSR count). The second-order valence-electron chi connectivity index (χ2n) is 5.05. The lowest BCUT2D eigenvalue weighted by atomic mass is 9.95. The molecule has 0 aliphatic carbocycles. The summed E-state index contributed by atoms with van der Waals surface area (Å²) in [4.78, 5) is 0. The van der Waals surface area contributed by atoms with Crippen LogP contribution >= 0.6 is 31.9 Å². The Balaban J connectivity index is 2.32. The summed E-state index contributed by atoms with van der Waals surface area (Å²) in [6, 6.07) is 11.6. The monoisotopic (exact) mass is 413 g/mol. The second-order valence-corrected chi connectivity index (χ2v) is 6.88. The summed E-state index contributed by atoms with van der Waals surface area (Å²) in [6.45, 7) is 5.00. The van der Waals surface area contributed by atoms with E-state index in [-0.39, 0.29) is 11.9 Å². The van der Waals surface area contributed by atoms with Gasteiger partial charge in [0, 0.05) is 15.0 Å². The number of rotatable bonds is 5. The summed E-state index contributed by atoms with van der Waals surface area (Å²) in [6.07, 6.45) is 0.629. The van der Waals surface area contributed by atoms with E-state index < -0.39 is 0 Å². The van der Waals surface area contributed by atoms with Crippen LogP contribution in [0.5, 0.6) is 0 Å². The first-order chi connectivity index (χ1) is 10.0. The molecule has 2 aromatic carbocycles. The molecule has 0 saturated carbocycles. The SMILES string of the molecule is CCNC(Cc1ccc(Br)cc1F)c1cc(Br)ccc1C. The van der Waals surface area contributed by atoms with Crippen molar-refractivity contribution in [2.24, 2.45) is 0 Å². The largest absolute Gasteiger partial charge is 0.310 e. The zero-order valence-corrected chi connectivity index (χ0v) is 15.3. The van der Waals surface area contributed by atoms with Crippen molar-refractivity contribution in [3.8, 4) is 0 Å². The molecule has 21 heavy (non-hydrogen) atoms. The lowest BCUT2D eigenvalue weighted by Crippen LogP contribution is -2.24. The Bertz CT molecular complexity index is 628. The number of halogens is 3. The zero-order valence-electron chi connectivity index (χ0n) is 12.1. The minimum absolute atomic E-state index is 0.100. The van der Waals surface area contributed by atoms with Crippen LogP contribution in [0.1, 0.15) is 29.7 Å². The molecular weight excluding hydrogens is 397 g/mol. The van der Waals surface area contributed by atoms with Crippen LogP contribution in [0, 0.1) is 12.7 Å². The summed E-state index contributed by atoms with van der Waals surface area (Å²) in [5.41, 5.74) is 3.14. The summed E-state index contributed by atoms with van der Waals surface area (Å²) >= 11 is 6.81. The predicted octanol–water partition coefficient (Wildman–Crippen LogP) is 5.55. The zero-order chi connectivity index (χ0) is 15.4. The van der Waals surface area contributed by atoms with Crippen molar-refractivity contribution in [3.05, 3.63) is 67.9 Å². The van der Waals surface area contributed by atoms with Gasteiger partial charge in [0.15, 0.2) is 0 Å². The van der Waals surface area contributed by atoms with Crippen molar-refractivity contribution in [2.75, 3.05) is 6.54 Å². The smallest absolute Gasteiger partial charge is 0.127 e. The number of hydrogen-bond donors (Lipinski definition) is 1. The van der Waals surface area contributed by atoms with Gasteiger partial charge >= 0.3 is 0 Å². The summed E-state index contributed by atoms with van der Waals surface area (Å²) in [5, 5.41) is 3.46. The Morgan fingerprint density at radius 1 is 1.10 bits per heavy atom. The molecule has 0 amide bonds. The van der Waals surface area contributed by atoms with E-state index in [1.165, 1.54) is 17.2 Å². The van der Waals surface area contributed by atoms with Crippen molar-refractivity contribution in [3.63, 3.8) is 0 Å². The third-order valence-corrected chi connectivity index (χ3v) is 4.49. The van der Waals surface area contributed by atoms with Gasteiger partial charge in [-0.25, -0.2) is 4.39 Å². The molecule has 2 aromatic rings. The third-order valence-electron chi connectivity index (χ3n) is 3.51. The van der Waals surface area contributed by atoms with E-state index >= 15 is 0 Å². The molecule has 1 N–H and O–H groups in total. The van der Waals surface area contributed by atoms with Gasteiger partial charge in [-0.3, -0.25) is 0 Å². The molecule has 1 unspecified atom stereocenters. The highest BCUT2D eigenvalue weighted by molar-refractivity contribution is 9.10. The maximum absolute atomic E-state index is 14.1. The molecule has 112 valence electrons. The first kappa shape index (κ1) is 16.7. The Kier molecular flexibility index (Phi) is 5.97. The van der Waals surface area contributed by atoms with Crippen LogP contribution in [0.15, 0.2) is 45.3 Å². The van der Waals surface area contributed by atoms with Crippen LogP contribution in [-0.2, 0) is 6.42 Å². The van der Waals surface area contributed by atoms with Crippen LogP contribution < -0.4 is 5.32 Å². The van der Waals surface area contributed by atoms with Gasteiger partial charge in [-0.15, -0.1) is 0 Å². The highest BCUT2D eigenvalue weighted by Gasteiger charge is 2.16. The molecule has 0 heterocycles. The van der Waals surface area contributed by atoms with Crippen molar-refractivity contribution in [1.29, 1.82) is 0 Å². The molecule has 0 spiro atoms. The molecule has 0 radical (unpaired) electrons. The predicted molar refractivity (Wildman–Crippen MR) is 93.1 cm³/mol. The van der Waals surface area contributed by atoms with Gasteiger partial charge in [-0.1, -0.05) is 50.9 Å². The maximum Gasteiger partial charge on any atom is 0.127 e. The fraction of sp³-hybridized carbons (Fsp3) is 0.294. The topological polar surface area (TPSA) is 12.0 Å². The van der Waals surface area contributed by atoms with Gasteiger partial charge in [0.05, 0.1) is 0 Å². The van der Waals surface area contributed by atoms with E-state index in [0.717, 1.165) is 21.1 Å². The molecule has 0 saturated heterocycles. The van der Waals surface area contributed by atoms with Gasteiger partial charge < -0.3 is 5.32 Å². The fourth-order valence-corrected chi connectivity index (χ4v) is 3.14. The average Bonchev–Trinajstić information content (AvgIpc) is 2.44. The Morgan fingerprint density at radius 2 is 1.76 bits per heavy atom. The molecule has 0 aromatic heterocycles. The Labute approximate surface area is 142 Å². The number of nitrogens with one attached hydrogen (secondary N) is 1. The highest BCUT2D eigenvalue weighted by atomic mass is 79.9. The van der Waals surface area contributed by atoms with E-state index in [9.17, 15) is 4.39 Å². The van der Waals surface area contributed by atoms with Crippen LogP contribution in [0.4, 0.5) is 4.39 Å². The van der Waals surface area contributed by atoms with Gasteiger partial charge in [-0.05, 0) is 60.8 Å². The minimum Gasteiger partial charge on any atom is -0.310 e. The molecule has 1 atom stereocenters. The van der Waals surface area contributed by atoms with Crippen molar-refractivity contribution >= 4 is 31.9 Å². The quantitative estimate of drug-likeness (QED) is 0.675. The number of likely N-dealkylation sites (N-methyl/N-ethyl adjacent to an activating group) is 1. The second kappa shape index (κ2) is 7.52. The van der Waals surface area contributed by atoms with E-state index in [1.54, 1.807) is 0 Å². The fourth-order valence-electron chi connectivity index (χ4n) is 2.43.